The summed E-state index contributed by atoms with van der Waals surface area (Å²) in [6, 6.07) is 15.4. The molecule has 0 saturated heterocycles. The second kappa shape index (κ2) is 5.09. The molecule has 1 aliphatic rings. The molecule has 1 fully saturated rings. The molecule has 1 amide bonds. The van der Waals surface area contributed by atoms with Gasteiger partial charge in [-0.25, -0.2) is 0 Å². The van der Waals surface area contributed by atoms with Gasteiger partial charge in [0.2, 0.25) is 5.91 Å². The molecule has 4 heteroatoms. The highest BCUT2D eigenvalue weighted by molar-refractivity contribution is 14.1. The van der Waals surface area contributed by atoms with Gasteiger partial charge in [0, 0.05) is 14.9 Å². The summed E-state index contributed by atoms with van der Waals surface area (Å²) in [6.07, 6.45) is 1.79. The van der Waals surface area contributed by atoms with E-state index in [1.807, 2.05) is 48.5 Å². The first-order valence-corrected chi connectivity index (χ1v) is 7.61. The Morgan fingerprint density at radius 3 is 2.20 bits per heavy atom. The third kappa shape index (κ3) is 2.52. The third-order valence-corrected chi connectivity index (χ3v) is 4.47. The van der Waals surface area contributed by atoms with E-state index in [2.05, 4.69) is 27.9 Å². The fraction of sp³-hybridized carbons (Fsp3) is 0.188. The average molecular weight is 378 g/mol. The van der Waals surface area contributed by atoms with Crippen LogP contribution in [0, 0.1) is 3.57 Å². The fourth-order valence-corrected chi connectivity index (χ4v) is 2.72. The van der Waals surface area contributed by atoms with E-state index in [0.29, 0.717) is 0 Å². The van der Waals surface area contributed by atoms with Gasteiger partial charge in [-0.3, -0.25) is 4.79 Å². The van der Waals surface area contributed by atoms with Crippen LogP contribution in [0.1, 0.15) is 18.4 Å². The molecule has 0 bridgehead atoms. The number of amides is 1. The zero-order valence-corrected chi connectivity index (χ0v) is 13.1. The number of hydrogen-bond acceptors (Lipinski definition) is 2. The van der Waals surface area contributed by atoms with Gasteiger partial charge in [0.15, 0.2) is 0 Å². The predicted molar refractivity (Wildman–Crippen MR) is 89.6 cm³/mol. The largest absolute Gasteiger partial charge is 0.399 e. The molecular formula is C16H15IN2O. The minimum absolute atomic E-state index is 0.0727. The lowest BCUT2D eigenvalue weighted by molar-refractivity contribution is -0.118. The second-order valence-electron chi connectivity index (χ2n) is 5.17. The van der Waals surface area contributed by atoms with E-state index in [1.54, 1.807) is 0 Å². The van der Waals surface area contributed by atoms with Crippen LogP contribution in [0.25, 0.3) is 0 Å². The lowest BCUT2D eigenvalue weighted by atomic mass is 9.94. The van der Waals surface area contributed by atoms with Crippen molar-refractivity contribution in [1.29, 1.82) is 0 Å². The van der Waals surface area contributed by atoms with Crippen LogP contribution < -0.4 is 11.1 Å². The number of carbonyl (C=O) groups excluding carboxylic acids is 1. The number of rotatable bonds is 3. The second-order valence-corrected chi connectivity index (χ2v) is 6.41. The van der Waals surface area contributed by atoms with E-state index >= 15 is 0 Å². The topological polar surface area (TPSA) is 55.1 Å². The summed E-state index contributed by atoms with van der Waals surface area (Å²) in [5, 5.41) is 3.01. The summed E-state index contributed by atoms with van der Waals surface area (Å²) < 4.78 is 1.15. The van der Waals surface area contributed by atoms with Crippen LogP contribution in [0.15, 0.2) is 48.5 Å². The van der Waals surface area contributed by atoms with Crippen LogP contribution in [0.5, 0.6) is 0 Å². The van der Waals surface area contributed by atoms with Gasteiger partial charge in [0.25, 0.3) is 0 Å². The molecule has 102 valence electrons. The molecule has 3 N–H and O–H groups in total. The maximum absolute atomic E-state index is 12.5. The summed E-state index contributed by atoms with van der Waals surface area (Å²) in [4.78, 5) is 12.5. The van der Waals surface area contributed by atoms with Gasteiger partial charge < -0.3 is 11.1 Å². The van der Waals surface area contributed by atoms with Crippen molar-refractivity contribution < 1.29 is 4.79 Å². The number of hydrogen-bond donors (Lipinski definition) is 2. The summed E-state index contributed by atoms with van der Waals surface area (Å²) in [7, 11) is 0. The van der Waals surface area contributed by atoms with Gasteiger partial charge in [-0.15, -0.1) is 0 Å². The first-order valence-electron chi connectivity index (χ1n) is 6.53. The number of nitrogens with two attached hydrogens (primary N) is 1. The van der Waals surface area contributed by atoms with Gasteiger partial charge in [-0.1, -0.05) is 12.1 Å². The Bertz CT molecular complexity index is 631. The van der Waals surface area contributed by atoms with Gasteiger partial charge >= 0.3 is 0 Å². The van der Waals surface area contributed by atoms with Crippen LogP contribution in [0.3, 0.4) is 0 Å². The summed E-state index contributed by atoms with van der Waals surface area (Å²) in [6.45, 7) is 0. The van der Waals surface area contributed by atoms with Crippen LogP contribution in [0.2, 0.25) is 0 Å². The number of nitrogen functional groups attached to an aromatic ring is 1. The van der Waals surface area contributed by atoms with Crippen LogP contribution >= 0.6 is 22.6 Å². The minimum Gasteiger partial charge on any atom is -0.399 e. The Labute approximate surface area is 131 Å². The van der Waals surface area contributed by atoms with Crippen molar-refractivity contribution in [1.82, 2.24) is 0 Å². The van der Waals surface area contributed by atoms with Gasteiger partial charge in [-0.05, 0) is 77.4 Å². The van der Waals surface area contributed by atoms with Crippen molar-refractivity contribution in [3.8, 4) is 0 Å². The lowest BCUT2D eigenvalue weighted by Crippen LogP contribution is -2.27. The van der Waals surface area contributed by atoms with Crippen LogP contribution in [-0.4, -0.2) is 5.91 Å². The Balaban J connectivity index is 1.79. The van der Waals surface area contributed by atoms with Crippen molar-refractivity contribution in [2.24, 2.45) is 0 Å². The molecule has 0 radical (unpaired) electrons. The number of halogens is 1. The van der Waals surface area contributed by atoms with E-state index in [-0.39, 0.29) is 11.3 Å². The summed E-state index contributed by atoms with van der Waals surface area (Å²) in [5.74, 6) is 0.0727. The van der Waals surface area contributed by atoms with Gasteiger partial charge in [-0.2, -0.15) is 0 Å². The molecule has 0 heterocycles. The molecule has 0 atom stereocenters. The van der Waals surface area contributed by atoms with E-state index < -0.39 is 0 Å². The monoisotopic (exact) mass is 378 g/mol. The van der Waals surface area contributed by atoms with Gasteiger partial charge in [0.1, 0.15) is 0 Å². The molecule has 0 spiro atoms. The molecule has 1 aliphatic carbocycles. The Morgan fingerprint density at radius 2 is 1.65 bits per heavy atom. The zero-order valence-electron chi connectivity index (χ0n) is 10.9. The number of anilines is 2. The van der Waals surface area contributed by atoms with Crippen molar-refractivity contribution in [3.63, 3.8) is 0 Å². The van der Waals surface area contributed by atoms with Crippen molar-refractivity contribution in [2.75, 3.05) is 11.1 Å². The molecule has 0 aromatic heterocycles. The van der Waals surface area contributed by atoms with Crippen molar-refractivity contribution in [3.05, 3.63) is 57.7 Å². The maximum atomic E-state index is 12.5. The average Bonchev–Trinajstić information content (AvgIpc) is 3.24. The Kier molecular flexibility index (Phi) is 3.41. The van der Waals surface area contributed by atoms with Crippen LogP contribution in [-0.2, 0) is 10.2 Å². The smallest absolute Gasteiger partial charge is 0.235 e. The normalized spacial score (nSPS) is 15.7. The highest BCUT2D eigenvalue weighted by Crippen LogP contribution is 2.49. The maximum Gasteiger partial charge on any atom is 0.235 e. The number of benzene rings is 2. The molecule has 1 saturated carbocycles. The van der Waals surface area contributed by atoms with Crippen molar-refractivity contribution in [2.45, 2.75) is 18.3 Å². The molecule has 20 heavy (non-hydrogen) atoms. The van der Waals surface area contributed by atoms with Crippen molar-refractivity contribution >= 4 is 39.9 Å². The first-order chi connectivity index (χ1) is 9.60. The molecular weight excluding hydrogens is 363 g/mol. The quantitative estimate of drug-likeness (QED) is 0.634. The number of nitrogens with one attached hydrogen (secondary N) is 1. The SMILES string of the molecule is Nc1ccc(C2(C(=O)Nc3ccc(I)cc3)CC2)cc1. The van der Waals surface area contributed by atoms with E-state index in [0.717, 1.165) is 33.4 Å². The van der Waals surface area contributed by atoms with Gasteiger partial charge in [0.05, 0.1) is 5.41 Å². The molecule has 0 aliphatic heterocycles. The summed E-state index contributed by atoms with van der Waals surface area (Å²) >= 11 is 2.25. The van der Waals surface area contributed by atoms with Crippen LogP contribution in [0.4, 0.5) is 11.4 Å². The summed E-state index contributed by atoms with van der Waals surface area (Å²) in [5.41, 5.74) is 7.96. The minimum atomic E-state index is -0.364. The molecule has 2 aromatic rings. The zero-order chi connectivity index (χ0) is 14.2. The van der Waals surface area contributed by atoms with E-state index in [1.165, 1.54) is 0 Å². The molecule has 3 nitrogen and oxygen atoms in total. The molecule has 0 unspecified atom stereocenters. The van der Waals surface area contributed by atoms with E-state index in [4.69, 9.17) is 5.73 Å². The standard InChI is InChI=1S/C16H15IN2O/c17-12-3-7-14(8-4-12)19-15(20)16(9-10-16)11-1-5-13(18)6-2-11/h1-8H,9-10,18H2,(H,19,20). The molecule has 3 rings (SSSR count). The number of carbonyl (C=O) groups is 1. The Morgan fingerprint density at radius 1 is 1.05 bits per heavy atom. The fourth-order valence-electron chi connectivity index (χ4n) is 2.36. The van der Waals surface area contributed by atoms with E-state index in [9.17, 15) is 4.79 Å². The lowest BCUT2D eigenvalue weighted by Gasteiger charge is -2.16. The Hall–Kier alpha value is -1.56. The molecule has 2 aromatic carbocycles. The highest BCUT2D eigenvalue weighted by atomic mass is 127. The predicted octanol–water partition coefficient (Wildman–Crippen LogP) is 3.54. The third-order valence-electron chi connectivity index (χ3n) is 3.75. The highest BCUT2D eigenvalue weighted by Gasteiger charge is 2.51. The first kappa shape index (κ1) is 13.4.